The van der Waals surface area contributed by atoms with Crippen LogP contribution < -0.4 is 10.6 Å². The molecule has 1 heterocycles. The maximum Gasteiger partial charge on any atom is 0.233 e. The summed E-state index contributed by atoms with van der Waals surface area (Å²) in [6.07, 6.45) is 0.767. The number of phenolic OH excluding ortho intramolecular Hbond substituents is 1. The van der Waals surface area contributed by atoms with Gasteiger partial charge in [0.1, 0.15) is 5.75 Å². The van der Waals surface area contributed by atoms with Gasteiger partial charge < -0.3 is 15.7 Å². The van der Waals surface area contributed by atoms with E-state index in [2.05, 4.69) is 48.2 Å². The largest absolute Gasteiger partial charge is 0.508 e. The molecular formula is C17H15ClIN5O. The van der Waals surface area contributed by atoms with Gasteiger partial charge in [-0.25, -0.2) is 0 Å². The Balaban J connectivity index is 1.62. The first kappa shape index (κ1) is 17.7. The summed E-state index contributed by atoms with van der Waals surface area (Å²) in [6, 6.07) is 14.9. The molecule has 0 fully saturated rings. The van der Waals surface area contributed by atoms with E-state index in [4.69, 9.17) is 11.6 Å². The predicted molar refractivity (Wildman–Crippen MR) is 108 cm³/mol. The molecule has 25 heavy (non-hydrogen) atoms. The van der Waals surface area contributed by atoms with Crippen LogP contribution in [0.2, 0.25) is 5.28 Å². The van der Waals surface area contributed by atoms with Gasteiger partial charge in [0.15, 0.2) is 0 Å². The summed E-state index contributed by atoms with van der Waals surface area (Å²) in [4.78, 5) is 12.5. The molecule has 1 aromatic heterocycles. The number of benzene rings is 2. The lowest BCUT2D eigenvalue weighted by atomic mass is 10.1. The molecule has 0 aliphatic rings. The van der Waals surface area contributed by atoms with Crippen molar-refractivity contribution in [1.29, 1.82) is 0 Å². The molecule has 6 nitrogen and oxygen atoms in total. The molecule has 8 heteroatoms. The third-order valence-corrected chi connectivity index (χ3v) is 4.23. The first-order chi connectivity index (χ1) is 12.1. The molecule has 0 aliphatic carbocycles. The average molecular weight is 468 g/mol. The molecule has 0 bridgehead atoms. The summed E-state index contributed by atoms with van der Waals surface area (Å²) in [7, 11) is 0. The van der Waals surface area contributed by atoms with Gasteiger partial charge in [0.25, 0.3) is 0 Å². The van der Waals surface area contributed by atoms with Gasteiger partial charge in [0.2, 0.25) is 17.2 Å². The molecular weight excluding hydrogens is 453 g/mol. The molecule has 3 N–H and O–H groups in total. The Hall–Kier alpha value is -2.13. The Bertz CT molecular complexity index is 843. The first-order valence-corrected chi connectivity index (χ1v) is 9.00. The topological polar surface area (TPSA) is 83.0 Å². The van der Waals surface area contributed by atoms with Crippen molar-refractivity contribution < 1.29 is 5.11 Å². The standard InChI is InChI=1S/C17H15ClIN5O/c18-15-22-16(20-10-9-11-1-7-14(25)8-2-11)24-17(23-15)21-13-5-3-12(19)4-6-13/h1-8,25H,9-10H2,(H2,20,21,22,23,24). The highest BCUT2D eigenvalue weighted by molar-refractivity contribution is 14.1. The van der Waals surface area contributed by atoms with E-state index in [1.54, 1.807) is 12.1 Å². The smallest absolute Gasteiger partial charge is 0.233 e. The second kappa shape index (κ2) is 8.30. The number of aromatic hydroxyl groups is 1. The molecule has 3 rings (SSSR count). The number of hydrogen-bond donors (Lipinski definition) is 3. The van der Waals surface area contributed by atoms with Crippen LogP contribution in [0.5, 0.6) is 5.75 Å². The van der Waals surface area contributed by atoms with Gasteiger partial charge in [0.05, 0.1) is 0 Å². The van der Waals surface area contributed by atoms with Gasteiger partial charge in [-0.1, -0.05) is 12.1 Å². The number of phenols is 1. The van der Waals surface area contributed by atoms with Crippen molar-refractivity contribution in [2.24, 2.45) is 0 Å². The van der Waals surface area contributed by atoms with Crippen LogP contribution in [0.1, 0.15) is 5.56 Å². The Morgan fingerprint density at radius 1 is 0.920 bits per heavy atom. The van der Waals surface area contributed by atoms with Gasteiger partial charge in [-0.3, -0.25) is 0 Å². The van der Waals surface area contributed by atoms with Crippen LogP contribution in [-0.2, 0) is 6.42 Å². The van der Waals surface area contributed by atoms with Gasteiger partial charge in [0, 0.05) is 15.8 Å². The highest BCUT2D eigenvalue weighted by atomic mass is 127. The fraction of sp³-hybridized carbons (Fsp3) is 0.118. The van der Waals surface area contributed by atoms with Crippen molar-refractivity contribution in [3.05, 3.63) is 62.9 Å². The van der Waals surface area contributed by atoms with Crippen LogP contribution in [0.15, 0.2) is 48.5 Å². The maximum atomic E-state index is 9.29. The van der Waals surface area contributed by atoms with Gasteiger partial charge in [-0.15, -0.1) is 0 Å². The van der Waals surface area contributed by atoms with Crippen molar-refractivity contribution in [3.8, 4) is 5.75 Å². The molecule has 0 atom stereocenters. The highest BCUT2D eigenvalue weighted by Gasteiger charge is 2.05. The van der Waals surface area contributed by atoms with Gasteiger partial charge >= 0.3 is 0 Å². The van der Waals surface area contributed by atoms with E-state index in [0.717, 1.165) is 21.2 Å². The second-order valence-corrected chi connectivity index (χ2v) is 6.81. The molecule has 0 saturated carbocycles. The van der Waals surface area contributed by atoms with Crippen LogP contribution >= 0.6 is 34.2 Å². The zero-order valence-electron chi connectivity index (χ0n) is 13.1. The van der Waals surface area contributed by atoms with E-state index in [1.807, 2.05) is 36.4 Å². The zero-order chi connectivity index (χ0) is 17.6. The molecule has 0 unspecified atom stereocenters. The fourth-order valence-electron chi connectivity index (χ4n) is 2.13. The summed E-state index contributed by atoms with van der Waals surface area (Å²) < 4.78 is 1.15. The molecule has 2 aromatic carbocycles. The number of nitrogens with one attached hydrogen (secondary N) is 2. The lowest BCUT2D eigenvalue weighted by molar-refractivity contribution is 0.475. The normalized spacial score (nSPS) is 10.5. The van der Waals surface area contributed by atoms with E-state index in [9.17, 15) is 5.11 Å². The third kappa shape index (κ3) is 5.43. The highest BCUT2D eigenvalue weighted by Crippen LogP contribution is 2.17. The van der Waals surface area contributed by atoms with E-state index in [1.165, 1.54) is 0 Å². The Labute approximate surface area is 163 Å². The quantitative estimate of drug-likeness (QED) is 0.471. The van der Waals surface area contributed by atoms with Crippen LogP contribution in [0.4, 0.5) is 17.6 Å². The van der Waals surface area contributed by atoms with E-state index < -0.39 is 0 Å². The molecule has 0 saturated heterocycles. The summed E-state index contributed by atoms with van der Waals surface area (Å²) in [5.74, 6) is 1.05. The van der Waals surface area contributed by atoms with Gasteiger partial charge in [-0.2, -0.15) is 15.0 Å². The molecule has 128 valence electrons. The minimum absolute atomic E-state index is 0.121. The van der Waals surface area contributed by atoms with Crippen molar-refractivity contribution in [1.82, 2.24) is 15.0 Å². The molecule has 0 spiro atoms. The van der Waals surface area contributed by atoms with Crippen LogP contribution in [0.3, 0.4) is 0 Å². The number of nitrogens with zero attached hydrogens (tertiary/aromatic N) is 3. The lowest BCUT2D eigenvalue weighted by Gasteiger charge is -2.09. The van der Waals surface area contributed by atoms with E-state index in [-0.39, 0.29) is 11.0 Å². The monoisotopic (exact) mass is 467 g/mol. The van der Waals surface area contributed by atoms with Crippen molar-refractivity contribution in [2.75, 3.05) is 17.2 Å². The average Bonchev–Trinajstić information content (AvgIpc) is 2.58. The molecule has 0 amide bonds. The molecule has 0 radical (unpaired) electrons. The fourth-order valence-corrected chi connectivity index (χ4v) is 2.65. The molecule has 3 aromatic rings. The van der Waals surface area contributed by atoms with Crippen LogP contribution in [-0.4, -0.2) is 26.6 Å². The minimum atomic E-state index is 0.121. The van der Waals surface area contributed by atoms with Crippen molar-refractivity contribution in [2.45, 2.75) is 6.42 Å². The summed E-state index contributed by atoms with van der Waals surface area (Å²) >= 11 is 8.23. The predicted octanol–water partition coefficient (Wildman–Crippen LogP) is 4.23. The number of aromatic nitrogens is 3. The Morgan fingerprint density at radius 3 is 2.32 bits per heavy atom. The zero-order valence-corrected chi connectivity index (χ0v) is 16.0. The summed E-state index contributed by atoms with van der Waals surface area (Å²) in [5, 5.41) is 15.7. The van der Waals surface area contributed by atoms with Gasteiger partial charge in [-0.05, 0) is 82.6 Å². The van der Waals surface area contributed by atoms with Crippen molar-refractivity contribution in [3.63, 3.8) is 0 Å². The van der Waals surface area contributed by atoms with E-state index in [0.29, 0.717) is 18.4 Å². The van der Waals surface area contributed by atoms with E-state index >= 15 is 0 Å². The Kier molecular flexibility index (Phi) is 5.87. The first-order valence-electron chi connectivity index (χ1n) is 7.54. The lowest BCUT2D eigenvalue weighted by Crippen LogP contribution is -2.10. The van der Waals surface area contributed by atoms with Crippen molar-refractivity contribution >= 4 is 51.8 Å². The number of anilines is 3. The maximum absolute atomic E-state index is 9.29. The molecule has 0 aliphatic heterocycles. The summed E-state index contributed by atoms with van der Waals surface area (Å²) in [5.41, 5.74) is 1.97. The number of halogens is 2. The van der Waals surface area contributed by atoms with Crippen LogP contribution in [0, 0.1) is 3.57 Å². The third-order valence-electron chi connectivity index (χ3n) is 3.34. The number of rotatable bonds is 6. The summed E-state index contributed by atoms with van der Waals surface area (Å²) in [6.45, 7) is 0.633. The Morgan fingerprint density at radius 2 is 1.60 bits per heavy atom. The SMILES string of the molecule is Oc1ccc(CCNc2nc(Cl)nc(Nc3ccc(I)cc3)n2)cc1. The second-order valence-electron chi connectivity index (χ2n) is 5.23. The van der Waals surface area contributed by atoms with Crippen LogP contribution in [0.25, 0.3) is 0 Å². The number of hydrogen-bond acceptors (Lipinski definition) is 6. The minimum Gasteiger partial charge on any atom is -0.508 e.